The molecule has 0 aliphatic rings. The molecule has 1 aromatic carbocycles. The van der Waals surface area contributed by atoms with E-state index >= 15 is 0 Å². The Morgan fingerprint density at radius 1 is 1.06 bits per heavy atom. The number of aryl methyl sites for hydroxylation is 1. The maximum absolute atomic E-state index is 4.50. The van der Waals surface area contributed by atoms with Crippen LogP contribution in [0, 0.1) is 6.92 Å². The first kappa shape index (κ1) is 15.7. The van der Waals surface area contributed by atoms with Gasteiger partial charge < -0.3 is 4.98 Å². The minimum Gasteiger partial charge on any atom is -0.342 e. The molecular formula is C15H26N2. The summed E-state index contributed by atoms with van der Waals surface area (Å²) >= 11 is 0. The molecular weight excluding hydrogens is 208 g/mol. The van der Waals surface area contributed by atoms with Crippen molar-refractivity contribution in [2.75, 3.05) is 0 Å². The van der Waals surface area contributed by atoms with Gasteiger partial charge in [0.2, 0.25) is 0 Å². The van der Waals surface area contributed by atoms with Crippen LogP contribution in [0.2, 0.25) is 0 Å². The lowest BCUT2D eigenvalue weighted by Crippen LogP contribution is -1.88. The molecule has 0 atom stereocenters. The van der Waals surface area contributed by atoms with Crippen LogP contribution in [0.5, 0.6) is 0 Å². The SMILES string of the molecule is CC.CC.Cc1ccc2nc(C(C)C)[nH]c2c1. The summed E-state index contributed by atoms with van der Waals surface area (Å²) < 4.78 is 0. The summed E-state index contributed by atoms with van der Waals surface area (Å²) in [5.74, 6) is 1.54. The van der Waals surface area contributed by atoms with Crippen LogP contribution in [0.15, 0.2) is 18.2 Å². The Morgan fingerprint density at radius 3 is 2.18 bits per heavy atom. The molecule has 17 heavy (non-hydrogen) atoms. The van der Waals surface area contributed by atoms with Gasteiger partial charge in [-0.1, -0.05) is 47.6 Å². The standard InChI is InChI=1S/C11H14N2.2C2H6/c1-7(2)11-12-9-5-4-8(3)6-10(9)13-11;2*1-2/h4-7H,1-3H3,(H,12,13);2*1-2H3. The van der Waals surface area contributed by atoms with E-state index in [0.29, 0.717) is 5.92 Å². The topological polar surface area (TPSA) is 28.7 Å². The van der Waals surface area contributed by atoms with Gasteiger partial charge in [-0.3, -0.25) is 0 Å². The van der Waals surface area contributed by atoms with Crippen molar-refractivity contribution in [3.8, 4) is 0 Å². The number of rotatable bonds is 1. The van der Waals surface area contributed by atoms with Crippen LogP contribution in [-0.2, 0) is 0 Å². The second kappa shape index (κ2) is 7.88. The minimum atomic E-state index is 0.465. The highest BCUT2D eigenvalue weighted by Crippen LogP contribution is 2.17. The van der Waals surface area contributed by atoms with E-state index in [1.165, 1.54) is 5.56 Å². The maximum atomic E-state index is 4.50. The number of benzene rings is 1. The molecule has 2 aromatic rings. The third-order valence-electron chi connectivity index (χ3n) is 2.20. The molecule has 1 heterocycles. The Bertz CT molecular complexity index is 427. The Kier molecular flexibility index (Phi) is 7.27. The normalized spacial score (nSPS) is 9.41. The van der Waals surface area contributed by atoms with Crippen LogP contribution < -0.4 is 0 Å². The van der Waals surface area contributed by atoms with Crippen molar-refractivity contribution < 1.29 is 0 Å². The third-order valence-corrected chi connectivity index (χ3v) is 2.20. The molecule has 96 valence electrons. The van der Waals surface area contributed by atoms with E-state index < -0.39 is 0 Å². The van der Waals surface area contributed by atoms with E-state index in [2.05, 4.69) is 48.9 Å². The van der Waals surface area contributed by atoms with Crippen molar-refractivity contribution in [3.63, 3.8) is 0 Å². The number of nitrogens with one attached hydrogen (secondary N) is 1. The molecule has 1 N–H and O–H groups in total. The van der Waals surface area contributed by atoms with Gasteiger partial charge >= 0.3 is 0 Å². The second-order valence-corrected chi connectivity index (χ2v) is 3.80. The van der Waals surface area contributed by atoms with Crippen LogP contribution in [-0.4, -0.2) is 9.97 Å². The van der Waals surface area contributed by atoms with Gasteiger partial charge in [0.1, 0.15) is 5.82 Å². The molecule has 0 unspecified atom stereocenters. The highest BCUT2D eigenvalue weighted by molar-refractivity contribution is 5.75. The highest BCUT2D eigenvalue weighted by atomic mass is 14.9. The molecule has 0 aliphatic heterocycles. The molecule has 0 radical (unpaired) electrons. The van der Waals surface area contributed by atoms with E-state index in [4.69, 9.17) is 0 Å². The first-order chi connectivity index (χ1) is 8.16. The zero-order chi connectivity index (χ0) is 13.4. The fraction of sp³-hybridized carbons (Fsp3) is 0.533. The largest absolute Gasteiger partial charge is 0.342 e. The van der Waals surface area contributed by atoms with Crippen molar-refractivity contribution in [1.29, 1.82) is 0 Å². The van der Waals surface area contributed by atoms with E-state index in [9.17, 15) is 0 Å². The Morgan fingerprint density at radius 2 is 1.65 bits per heavy atom. The fourth-order valence-electron chi connectivity index (χ4n) is 1.42. The fourth-order valence-corrected chi connectivity index (χ4v) is 1.42. The Balaban J connectivity index is 0.000000581. The average molecular weight is 234 g/mol. The molecule has 1 aromatic heterocycles. The summed E-state index contributed by atoms with van der Waals surface area (Å²) in [6.45, 7) is 14.4. The number of H-pyrrole nitrogens is 1. The monoisotopic (exact) mass is 234 g/mol. The van der Waals surface area contributed by atoms with Gasteiger partial charge in [0.25, 0.3) is 0 Å². The molecule has 2 rings (SSSR count). The van der Waals surface area contributed by atoms with Gasteiger partial charge in [-0.2, -0.15) is 0 Å². The number of aromatic nitrogens is 2. The van der Waals surface area contributed by atoms with Crippen molar-refractivity contribution in [1.82, 2.24) is 9.97 Å². The zero-order valence-corrected chi connectivity index (χ0v) is 12.3. The van der Waals surface area contributed by atoms with E-state index in [1.807, 2.05) is 27.7 Å². The second-order valence-electron chi connectivity index (χ2n) is 3.80. The molecule has 0 bridgehead atoms. The summed E-state index contributed by atoms with van der Waals surface area (Å²) in [6.07, 6.45) is 0. The summed E-state index contributed by atoms with van der Waals surface area (Å²) in [5, 5.41) is 0. The Hall–Kier alpha value is -1.31. The molecule has 0 saturated heterocycles. The summed E-state index contributed by atoms with van der Waals surface area (Å²) in [5.41, 5.74) is 3.48. The van der Waals surface area contributed by atoms with Crippen molar-refractivity contribution >= 4 is 11.0 Å². The van der Waals surface area contributed by atoms with Gasteiger partial charge in [0.05, 0.1) is 11.0 Å². The molecule has 0 saturated carbocycles. The molecule has 0 spiro atoms. The average Bonchev–Trinajstić information content (AvgIpc) is 2.77. The van der Waals surface area contributed by atoms with Gasteiger partial charge in [-0.15, -0.1) is 0 Å². The van der Waals surface area contributed by atoms with Crippen molar-refractivity contribution in [3.05, 3.63) is 29.6 Å². The maximum Gasteiger partial charge on any atom is 0.109 e. The lowest BCUT2D eigenvalue weighted by atomic mass is 10.2. The van der Waals surface area contributed by atoms with Gasteiger partial charge in [-0.25, -0.2) is 4.98 Å². The van der Waals surface area contributed by atoms with Gasteiger partial charge in [0, 0.05) is 5.92 Å². The van der Waals surface area contributed by atoms with E-state index in [0.717, 1.165) is 16.9 Å². The van der Waals surface area contributed by atoms with Gasteiger partial charge in [-0.05, 0) is 24.6 Å². The van der Waals surface area contributed by atoms with E-state index in [1.54, 1.807) is 0 Å². The molecule has 0 aliphatic carbocycles. The van der Waals surface area contributed by atoms with Crippen LogP contribution in [0.25, 0.3) is 11.0 Å². The summed E-state index contributed by atoms with van der Waals surface area (Å²) in [4.78, 5) is 7.82. The lowest BCUT2D eigenvalue weighted by molar-refractivity contribution is 0.799. The summed E-state index contributed by atoms with van der Waals surface area (Å²) in [7, 11) is 0. The first-order valence-corrected chi connectivity index (χ1v) is 6.63. The molecule has 2 nitrogen and oxygen atoms in total. The number of hydrogen-bond acceptors (Lipinski definition) is 1. The predicted molar refractivity (Wildman–Crippen MR) is 77.6 cm³/mol. The minimum absolute atomic E-state index is 0.465. The number of nitrogens with zero attached hydrogens (tertiary/aromatic N) is 1. The molecule has 0 fully saturated rings. The highest BCUT2D eigenvalue weighted by Gasteiger charge is 2.05. The number of fused-ring (bicyclic) bond motifs is 1. The van der Waals surface area contributed by atoms with Crippen LogP contribution in [0.1, 0.15) is 58.8 Å². The number of imidazole rings is 1. The number of hydrogen-bond donors (Lipinski definition) is 1. The lowest BCUT2D eigenvalue weighted by Gasteiger charge is -1.95. The van der Waals surface area contributed by atoms with Crippen molar-refractivity contribution in [2.45, 2.75) is 54.4 Å². The van der Waals surface area contributed by atoms with E-state index in [-0.39, 0.29) is 0 Å². The quantitative estimate of drug-likeness (QED) is 0.735. The van der Waals surface area contributed by atoms with Crippen LogP contribution in [0.3, 0.4) is 0 Å². The van der Waals surface area contributed by atoms with Crippen LogP contribution >= 0.6 is 0 Å². The smallest absolute Gasteiger partial charge is 0.109 e. The summed E-state index contributed by atoms with van der Waals surface area (Å²) in [6, 6.07) is 6.29. The van der Waals surface area contributed by atoms with Gasteiger partial charge in [0.15, 0.2) is 0 Å². The van der Waals surface area contributed by atoms with Crippen LogP contribution in [0.4, 0.5) is 0 Å². The van der Waals surface area contributed by atoms with Crippen molar-refractivity contribution in [2.24, 2.45) is 0 Å². The Labute approximate surface area is 105 Å². The number of aromatic amines is 1. The molecule has 0 amide bonds. The third kappa shape index (κ3) is 4.22. The molecule has 2 heteroatoms. The predicted octanol–water partition coefficient (Wildman–Crippen LogP) is 5.05. The first-order valence-electron chi connectivity index (χ1n) is 6.63. The zero-order valence-electron chi connectivity index (χ0n) is 12.3.